The van der Waals surface area contributed by atoms with E-state index in [-0.39, 0.29) is 23.8 Å². The summed E-state index contributed by atoms with van der Waals surface area (Å²) < 4.78 is 1.81. The zero-order chi connectivity index (χ0) is 21.3. The van der Waals surface area contributed by atoms with Crippen LogP contribution in [0.2, 0.25) is 0 Å². The summed E-state index contributed by atoms with van der Waals surface area (Å²) in [5.74, 6) is 0.312. The molecule has 2 amide bonds. The van der Waals surface area contributed by atoms with Gasteiger partial charge in [0.05, 0.1) is 5.92 Å². The Morgan fingerprint density at radius 3 is 2.60 bits per heavy atom. The summed E-state index contributed by atoms with van der Waals surface area (Å²) in [5.41, 5.74) is 3.31. The Bertz CT molecular complexity index is 1070. The molecule has 30 heavy (non-hydrogen) atoms. The fourth-order valence-electron chi connectivity index (χ4n) is 3.70. The van der Waals surface area contributed by atoms with E-state index in [2.05, 4.69) is 15.4 Å². The molecule has 1 aliphatic rings. The second kappa shape index (κ2) is 8.10. The van der Waals surface area contributed by atoms with Crippen LogP contribution in [0, 0.1) is 0 Å². The van der Waals surface area contributed by atoms with E-state index in [1.807, 2.05) is 61.0 Å². The van der Waals surface area contributed by atoms with Crippen molar-refractivity contribution >= 4 is 17.5 Å². The highest BCUT2D eigenvalue weighted by atomic mass is 16.2. The van der Waals surface area contributed by atoms with E-state index >= 15 is 0 Å². The van der Waals surface area contributed by atoms with Crippen LogP contribution >= 0.6 is 0 Å². The summed E-state index contributed by atoms with van der Waals surface area (Å²) in [6.07, 6.45) is 1.71. The van der Waals surface area contributed by atoms with E-state index in [4.69, 9.17) is 0 Å². The molecule has 1 atom stereocenters. The number of nitrogens with one attached hydrogen (secondary N) is 1. The molecule has 3 aromatic rings. The number of benzene rings is 2. The van der Waals surface area contributed by atoms with Crippen molar-refractivity contribution < 1.29 is 9.59 Å². The highest BCUT2D eigenvalue weighted by Crippen LogP contribution is 2.39. The number of hydrogen-bond donors (Lipinski definition) is 1. The average molecular weight is 403 g/mol. The molecule has 2 aromatic carbocycles. The lowest BCUT2D eigenvalue weighted by molar-refractivity contribution is -0.116. The minimum Gasteiger partial charge on any atom is -0.348 e. The molecule has 0 saturated heterocycles. The summed E-state index contributed by atoms with van der Waals surface area (Å²) >= 11 is 0. The molecule has 2 heterocycles. The number of rotatable bonds is 5. The lowest BCUT2D eigenvalue weighted by Crippen LogP contribution is -2.27. The number of amides is 2. The van der Waals surface area contributed by atoms with Crippen LogP contribution in [0.4, 0.5) is 5.69 Å². The van der Waals surface area contributed by atoms with Crippen molar-refractivity contribution in [3.8, 4) is 0 Å². The van der Waals surface area contributed by atoms with Gasteiger partial charge in [0.1, 0.15) is 6.33 Å². The molecule has 0 spiro atoms. The molecule has 0 aliphatic carbocycles. The van der Waals surface area contributed by atoms with Gasteiger partial charge < -0.3 is 10.2 Å². The first-order chi connectivity index (χ1) is 14.4. The SMILES string of the molecule is CC(=O)N1C[C@@H](c2ncn(C(C)C)n2)c2cc(C(=O)NCc3ccccc3)ccc21. The van der Waals surface area contributed by atoms with E-state index in [9.17, 15) is 9.59 Å². The zero-order valence-electron chi connectivity index (χ0n) is 17.4. The number of carbonyl (C=O) groups is 2. The summed E-state index contributed by atoms with van der Waals surface area (Å²) in [7, 11) is 0. The molecule has 0 saturated carbocycles. The molecule has 7 nitrogen and oxygen atoms in total. The first-order valence-corrected chi connectivity index (χ1v) is 10.1. The molecular formula is C23H25N5O2. The summed E-state index contributed by atoms with van der Waals surface area (Å²) in [4.78, 5) is 31.1. The molecule has 0 unspecified atom stereocenters. The first-order valence-electron chi connectivity index (χ1n) is 10.1. The third-order valence-electron chi connectivity index (χ3n) is 5.36. The van der Waals surface area contributed by atoms with Gasteiger partial charge in [0.15, 0.2) is 5.82 Å². The van der Waals surface area contributed by atoms with Gasteiger partial charge in [-0.1, -0.05) is 30.3 Å². The molecule has 1 aliphatic heterocycles. The number of aromatic nitrogens is 3. The topological polar surface area (TPSA) is 80.1 Å². The zero-order valence-corrected chi connectivity index (χ0v) is 17.4. The normalized spacial score (nSPS) is 15.3. The third kappa shape index (κ3) is 3.83. The number of fused-ring (bicyclic) bond motifs is 1. The van der Waals surface area contributed by atoms with Crippen LogP contribution in [-0.2, 0) is 11.3 Å². The second-order valence-corrected chi connectivity index (χ2v) is 7.80. The minimum absolute atomic E-state index is 0.0386. The van der Waals surface area contributed by atoms with Crippen molar-refractivity contribution in [3.05, 3.63) is 77.4 Å². The van der Waals surface area contributed by atoms with Crippen molar-refractivity contribution in [2.24, 2.45) is 0 Å². The van der Waals surface area contributed by atoms with Gasteiger partial charge >= 0.3 is 0 Å². The van der Waals surface area contributed by atoms with Crippen molar-refractivity contribution in [2.75, 3.05) is 11.4 Å². The van der Waals surface area contributed by atoms with Gasteiger partial charge in [-0.2, -0.15) is 5.10 Å². The van der Waals surface area contributed by atoms with Crippen LogP contribution in [0.1, 0.15) is 60.0 Å². The molecule has 0 radical (unpaired) electrons. The summed E-state index contributed by atoms with van der Waals surface area (Å²) in [6, 6.07) is 15.4. The lowest BCUT2D eigenvalue weighted by Gasteiger charge is -2.15. The highest BCUT2D eigenvalue weighted by Gasteiger charge is 2.35. The molecule has 0 fully saturated rings. The van der Waals surface area contributed by atoms with Gasteiger partial charge in [0.2, 0.25) is 5.91 Å². The Balaban J connectivity index is 1.62. The molecule has 1 N–H and O–H groups in total. The maximum atomic E-state index is 12.7. The van der Waals surface area contributed by atoms with Crippen LogP contribution < -0.4 is 10.2 Å². The van der Waals surface area contributed by atoms with Gasteiger partial charge in [-0.25, -0.2) is 4.98 Å². The van der Waals surface area contributed by atoms with Gasteiger partial charge in [-0.05, 0) is 43.2 Å². The van der Waals surface area contributed by atoms with Gasteiger partial charge in [0.25, 0.3) is 5.91 Å². The average Bonchev–Trinajstić information content (AvgIpc) is 3.37. The fourth-order valence-corrected chi connectivity index (χ4v) is 3.70. The molecular weight excluding hydrogens is 378 g/mol. The number of carbonyl (C=O) groups excluding carboxylic acids is 2. The van der Waals surface area contributed by atoms with Crippen molar-refractivity contribution in [2.45, 2.75) is 39.3 Å². The van der Waals surface area contributed by atoms with E-state index < -0.39 is 0 Å². The van der Waals surface area contributed by atoms with Crippen molar-refractivity contribution in [3.63, 3.8) is 0 Å². The predicted molar refractivity (Wildman–Crippen MR) is 114 cm³/mol. The minimum atomic E-state index is -0.161. The molecule has 1 aromatic heterocycles. The Labute approximate surface area is 175 Å². The Kier molecular flexibility index (Phi) is 5.35. The van der Waals surface area contributed by atoms with Gasteiger partial charge in [-0.3, -0.25) is 14.3 Å². The van der Waals surface area contributed by atoms with Crippen LogP contribution in [0.25, 0.3) is 0 Å². The molecule has 0 bridgehead atoms. The Morgan fingerprint density at radius 1 is 1.17 bits per heavy atom. The first kappa shape index (κ1) is 19.8. The smallest absolute Gasteiger partial charge is 0.251 e. The standard InChI is InChI=1S/C23H25N5O2/c1-15(2)28-14-25-22(26-28)20-13-27(16(3)29)21-10-9-18(11-19(20)21)23(30)24-12-17-7-5-4-6-8-17/h4-11,14-15,20H,12-13H2,1-3H3,(H,24,30)/t20-/m1/s1. The van der Waals surface area contributed by atoms with Crippen molar-refractivity contribution in [1.29, 1.82) is 0 Å². The molecule has 154 valence electrons. The lowest BCUT2D eigenvalue weighted by atomic mass is 9.98. The fraction of sp³-hybridized carbons (Fsp3) is 0.304. The van der Waals surface area contributed by atoms with E-state index in [0.717, 1.165) is 16.8 Å². The van der Waals surface area contributed by atoms with E-state index in [1.54, 1.807) is 24.2 Å². The quantitative estimate of drug-likeness (QED) is 0.709. The summed E-state index contributed by atoms with van der Waals surface area (Å²) in [6.45, 7) is 6.56. The van der Waals surface area contributed by atoms with Crippen molar-refractivity contribution in [1.82, 2.24) is 20.1 Å². The van der Waals surface area contributed by atoms with Gasteiger partial charge in [0, 0.05) is 37.3 Å². The predicted octanol–water partition coefficient (Wildman–Crippen LogP) is 3.29. The van der Waals surface area contributed by atoms with Crippen LogP contribution in [0.5, 0.6) is 0 Å². The monoisotopic (exact) mass is 403 g/mol. The Hall–Kier alpha value is -3.48. The number of nitrogens with zero attached hydrogens (tertiary/aromatic N) is 4. The number of hydrogen-bond acceptors (Lipinski definition) is 4. The highest BCUT2D eigenvalue weighted by molar-refractivity contribution is 5.98. The summed E-state index contributed by atoms with van der Waals surface area (Å²) in [5, 5.41) is 7.56. The molecule has 4 rings (SSSR count). The largest absolute Gasteiger partial charge is 0.348 e. The van der Waals surface area contributed by atoms with Gasteiger partial charge in [-0.15, -0.1) is 0 Å². The van der Waals surface area contributed by atoms with E-state index in [1.165, 1.54) is 0 Å². The number of anilines is 1. The third-order valence-corrected chi connectivity index (χ3v) is 5.36. The molecule has 7 heteroatoms. The maximum absolute atomic E-state index is 12.7. The van der Waals surface area contributed by atoms with Crippen LogP contribution in [-0.4, -0.2) is 33.1 Å². The Morgan fingerprint density at radius 2 is 1.93 bits per heavy atom. The van der Waals surface area contributed by atoms with Crippen LogP contribution in [0.15, 0.2) is 54.9 Å². The second-order valence-electron chi connectivity index (χ2n) is 7.80. The maximum Gasteiger partial charge on any atom is 0.251 e. The van der Waals surface area contributed by atoms with Crippen LogP contribution in [0.3, 0.4) is 0 Å². The van der Waals surface area contributed by atoms with E-state index in [0.29, 0.717) is 24.5 Å².